The summed E-state index contributed by atoms with van der Waals surface area (Å²) in [5.74, 6) is 0.887. The van der Waals surface area contributed by atoms with Crippen molar-refractivity contribution in [2.75, 3.05) is 26.4 Å². The Morgan fingerprint density at radius 2 is 1.97 bits per heavy atom. The second-order valence-corrected chi connectivity index (χ2v) is 17.4. The summed E-state index contributed by atoms with van der Waals surface area (Å²) in [6, 6.07) is 6.33. The van der Waals surface area contributed by atoms with E-state index in [1.54, 1.807) is 18.3 Å². The van der Waals surface area contributed by atoms with Gasteiger partial charge in [0.1, 0.15) is 16.5 Å². The number of ether oxygens (including phenoxy) is 3. The molecule has 1 aliphatic rings. The molecule has 0 spiro atoms. The number of nitrogens with zero attached hydrogens (tertiary/aromatic N) is 3. The van der Waals surface area contributed by atoms with Gasteiger partial charge >= 0.3 is 0 Å². The molecule has 3 heterocycles. The predicted molar refractivity (Wildman–Crippen MR) is 154 cm³/mol. The van der Waals surface area contributed by atoms with Gasteiger partial charge < -0.3 is 23.7 Å². The summed E-state index contributed by atoms with van der Waals surface area (Å²) in [7, 11) is -1.98. The van der Waals surface area contributed by atoms with E-state index in [0.29, 0.717) is 32.8 Å². The zero-order chi connectivity index (χ0) is 27.3. The summed E-state index contributed by atoms with van der Waals surface area (Å²) in [4.78, 5) is 5.61. The van der Waals surface area contributed by atoms with Gasteiger partial charge in [0.2, 0.25) is 8.32 Å². The van der Waals surface area contributed by atoms with Gasteiger partial charge in [-0.2, -0.15) is 5.10 Å². The molecular formula is C28H43N3O5SSi. The third-order valence-electron chi connectivity index (χ3n) is 7.35. The number of fused-ring (bicyclic) bond motifs is 1. The molecule has 0 amide bonds. The van der Waals surface area contributed by atoms with Crippen LogP contribution in [0.3, 0.4) is 0 Å². The second kappa shape index (κ2) is 12.6. The van der Waals surface area contributed by atoms with Gasteiger partial charge in [0.15, 0.2) is 6.23 Å². The van der Waals surface area contributed by atoms with Crippen LogP contribution in [-0.4, -0.2) is 60.7 Å². The molecule has 0 aliphatic carbocycles. The van der Waals surface area contributed by atoms with E-state index in [0.717, 1.165) is 58.1 Å². The van der Waals surface area contributed by atoms with E-state index in [1.165, 1.54) is 0 Å². The molecule has 1 fully saturated rings. The van der Waals surface area contributed by atoms with Crippen LogP contribution < -0.4 is 4.43 Å². The highest BCUT2D eigenvalue weighted by molar-refractivity contribution is 7.15. The molecule has 210 valence electrons. The Bertz CT molecular complexity index is 1180. The van der Waals surface area contributed by atoms with Gasteiger partial charge in [0.05, 0.1) is 36.3 Å². The number of aliphatic hydroxyl groups is 1. The highest BCUT2D eigenvalue weighted by Crippen LogP contribution is 2.40. The zero-order valence-electron chi connectivity index (χ0n) is 23.7. The van der Waals surface area contributed by atoms with Crippen LogP contribution in [0, 0.1) is 0 Å². The Kier molecular flexibility index (Phi) is 9.65. The minimum absolute atomic E-state index is 0.0586. The lowest BCUT2D eigenvalue weighted by Gasteiger charge is -2.36. The van der Waals surface area contributed by atoms with Crippen molar-refractivity contribution in [3.05, 3.63) is 29.4 Å². The van der Waals surface area contributed by atoms with Crippen molar-refractivity contribution in [1.82, 2.24) is 14.8 Å². The summed E-state index contributed by atoms with van der Waals surface area (Å²) in [6.45, 7) is 15.8. The van der Waals surface area contributed by atoms with Gasteiger partial charge in [-0.25, -0.2) is 9.67 Å². The average molecular weight is 562 g/mol. The molecule has 0 bridgehead atoms. The molecule has 10 heteroatoms. The summed E-state index contributed by atoms with van der Waals surface area (Å²) in [5, 5.41) is 16.4. The normalized spacial score (nSPS) is 17.7. The second-order valence-electron chi connectivity index (χ2n) is 11.6. The molecule has 2 aromatic heterocycles. The molecule has 8 nitrogen and oxygen atoms in total. The maximum Gasteiger partial charge on any atom is 0.250 e. The van der Waals surface area contributed by atoms with Crippen LogP contribution in [0.2, 0.25) is 18.1 Å². The standard InChI is InChI=1S/C28H43N3O5SSi/c1-20(32)12-14-33-15-16-34-19-25-29-18-24(37-25)27-22-17-21(36-38(5,6)28(2,3)4)10-11-23(22)31(30-27)26-9-7-8-13-35-26/h10-11,17-18,20,26,32H,7-9,12-16,19H2,1-6H3. The first-order valence-corrected chi connectivity index (χ1v) is 17.4. The highest BCUT2D eigenvalue weighted by atomic mass is 32.1. The van der Waals surface area contributed by atoms with Crippen LogP contribution >= 0.6 is 11.3 Å². The highest BCUT2D eigenvalue weighted by Gasteiger charge is 2.39. The van der Waals surface area contributed by atoms with Crippen molar-refractivity contribution in [2.24, 2.45) is 0 Å². The van der Waals surface area contributed by atoms with Gasteiger partial charge in [0, 0.05) is 24.8 Å². The molecule has 4 rings (SSSR count). The lowest BCUT2D eigenvalue weighted by atomic mass is 10.1. The smallest absolute Gasteiger partial charge is 0.250 e. The van der Waals surface area contributed by atoms with Crippen LogP contribution in [-0.2, 0) is 20.8 Å². The maximum absolute atomic E-state index is 9.30. The topological polar surface area (TPSA) is 87.9 Å². The first-order chi connectivity index (χ1) is 18.0. The first-order valence-electron chi connectivity index (χ1n) is 13.7. The van der Waals surface area contributed by atoms with Crippen LogP contribution in [0.5, 0.6) is 5.75 Å². The lowest BCUT2D eigenvalue weighted by Crippen LogP contribution is -2.43. The fourth-order valence-electron chi connectivity index (χ4n) is 4.07. The van der Waals surface area contributed by atoms with Gasteiger partial charge in [-0.15, -0.1) is 11.3 Å². The van der Waals surface area contributed by atoms with E-state index in [-0.39, 0.29) is 17.4 Å². The van der Waals surface area contributed by atoms with E-state index < -0.39 is 8.32 Å². The van der Waals surface area contributed by atoms with E-state index in [9.17, 15) is 5.11 Å². The largest absolute Gasteiger partial charge is 0.543 e. The van der Waals surface area contributed by atoms with Gasteiger partial charge in [-0.3, -0.25) is 0 Å². The Hall–Kier alpha value is -1.82. The van der Waals surface area contributed by atoms with Crippen molar-refractivity contribution in [3.8, 4) is 16.3 Å². The van der Waals surface area contributed by atoms with Gasteiger partial charge in [0.25, 0.3) is 0 Å². The van der Waals surface area contributed by atoms with Crippen LogP contribution in [0.4, 0.5) is 0 Å². The number of hydrogen-bond donors (Lipinski definition) is 1. The Morgan fingerprint density at radius 3 is 2.68 bits per heavy atom. The minimum Gasteiger partial charge on any atom is -0.543 e. The third kappa shape index (κ3) is 7.22. The maximum atomic E-state index is 9.30. The zero-order valence-corrected chi connectivity index (χ0v) is 25.5. The van der Waals surface area contributed by atoms with Gasteiger partial charge in [-0.05, 0) is 68.9 Å². The number of benzene rings is 1. The predicted octanol–water partition coefficient (Wildman–Crippen LogP) is 6.55. The number of aliphatic hydroxyl groups excluding tert-OH is 1. The first kappa shape index (κ1) is 29.2. The summed E-state index contributed by atoms with van der Waals surface area (Å²) >= 11 is 1.60. The minimum atomic E-state index is -1.98. The Labute approximate surface area is 231 Å². The monoisotopic (exact) mass is 561 g/mol. The van der Waals surface area contributed by atoms with Crippen molar-refractivity contribution in [1.29, 1.82) is 0 Å². The number of aromatic nitrogens is 3. The third-order valence-corrected chi connectivity index (χ3v) is 12.7. The van der Waals surface area contributed by atoms with Crippen molar-refractivity contribution < 1.29 is 23.7 Å². The van der Waals surface area contributed by atoms with Crippen LogP contribution in [0.15, 0.2) is 24.4 Å². The fourth-order valence-corrected chi connectivity index (χ4v) is 5.95. The van der Waals surface area contributed by atoms with E-state index in [2.05, 4.69) is 57.0 Å². The molecule has 1 aliphatic heterocycles. The van der Waals surface area contributed by atoms with Crippen molar-refractivity contribution >= 4 is 30.6 Å². The van der Waals surface area contributed by atoms with E-state index in [4.69, 9.17) is 23.7 Å². The fraction of sp³-hybridized carbons (Fsp3) is 0.643. The van der Waals surface area contributed by atoms with E-state index in [1.807, 2.05) is 10.9 Å². The molecule has 1 N–H and O–H groups in total. The lowest BCUT2D eigenvalue weighted by molar-refractivity contribution is -0.0365. The van der Waals surface area contributed by atoms with Crippen LogP contribution in [0.1, 0.15) is 64.6 Å². The molecule has 2 atom stereocenters. The number of hydrogen-bond acceptors (Lipinski definition) is 8. The van der Waals surface area contributed by atoms with Crippen LogP contribution in [0.25, 0.3) is 21.5 Å². The summed E-state index contributed by atoms with van der Waals surface area (Å²) in [6.07, 6.45) is 5.30. The Morgan fingerprint density at radius 1 is 1.18 bits per heavy atom. The molecule has 1 aromatic carbocycles. The molecule has 1 saturated heterocycles. The molecule has 0 radical (unpaired) electrons. The number of thiazole rings is 1. The summed E-state index contributed by atoms with van der Waals surface area (Å²) < 4.78 is 26.1. The molecule has 0 saturated carbocycles. The molecular weight excluding hydrogens is 518 g/mol. The average Bonchev–Trinajstić information content (AvgIpc) is 3.47. The van der Waals surface area contributed by atoms with Crippen molar-refractivity contribution in [3.63, 3.8) is 0 Å². The molecule has 2 unspecified atom stereocenters. The van der Waals surface area contributed by atoms with Crippen molar-refractivity contribution in [2.45, 2.75) is 90.4 Å². The molecule has 3 aromatic rings. The molecule has 38 heavy (non-hydrogen) atoms. The SMILES string of the molecule is CC(O)CCOCCOCc1ncc(-c2nn(C3CCCCO3)c3ccc(O[Si](C)(C)C(C)(C)C)cc23)s1. The Balaban J connectivity index is 1.54. The quantitative estimate of drug-likeness (QED) is 0.198. The summed E-state index contributed by atoms with van der Waals surface area (Å²) in [5.41, 5.74) is 1.95. The van der Waals surface area contributed by atoms with Gasteiger partial charge in [-0.1, -0.05) is 20.8 Å². The number of rotatable bonds is 12. The van der Waals surface area contributed by atoms with E-state index >= 15 is 0 Å².